The van der Waals surface area contributed by atoms with Gasteiger partial charge in [-0.3, -0.25) is 18.9 Å². The summed E-state index contributed by atoms with van der Waals surface area (Å²) in [4.78, 5) is 18.8. The summed E-state index contributed by atoms with van der Waals surface area (Å²) in [7, 11) is -1.11. The Balaban J connectivity index is 1.43. The first-order valence-corrected chi connectivity index (χ1v) is 20.4. The summed E-state index contributed by atoms with van der Waals surface area (Å²) in [6.45, 7) is 1.67. The number of hydrogen-bond acceptors (Lipinski definition) is 8. The second kappa shape index (κ2) is 15.0. The Hall–Kier alpha value is -5.39. The molecule has 0 aliphatic heterocycles. The molecule has 0 unspecified atom stereocenters. The van der Waals surface area contributed by atoms with E-state index in [9.17, 15) is 40.3 Å². The number of methoxy groups -OCH3 is 1. The number of anilines is 1. The lowest BCUT2D eigenvalue weighted by Gasteiger charge is -2.34. The molecule has 3 atom stereocenters. The second-order valence-corrected chi connectivity index (χ2v) is 17.4. The lowest BCUT2D eigenvalue weighted by molar-refractivity contribution is -0.144. The van der Waals surface area contributed by atoms with E-state index in [-0.39, 0.29) is 68.4 Å². The van der Waals surface area contributed by atoms with Crippen LogP contribution < -0.4 is 14.8 Å². The van der Waals surface area contributed by atoms with Crippen LogP contribution in [0.4, 0.5) is 36.6 Å². The highest BCUT2D eigenvalue weighted by Gasteiger charge is 2.63. The highest BCUT2D eigenvalue weighted by atomic mass is 35.5. The van der Waals surface area contributed by atoms with E-state index < -0.39 is 93.1 Å². The van der Waals surface area contributed by atoms with Crippen molar-refractivity contribution in [1.29, 1.82) is 0 Å². The summed E-state index contributed by atoms with van der Waals surface area (Å²) in [5, 5.41) is 21.0. The molecule has 2 aliphatic rings. The van der Waals surface area contributed by atoms with Crippen molar-refractivity contribution in [2.24, 2.45) is 13.0 Å². The lowest BCUT2D eigenvalue weighted by atomic mass is 9.73. The zero-order valence-corrected chi connectivity index (χ0v) is 33.8. The number of nitrogens with one attached hydrogen (secondary N) is 2. The van der Waals surface area contributed by atoms with E-state index in [1.165, 1.54) is 50.9 Å². The number of nitrogens with zero attached hydrogens (tertiary/aromatic N) is 5. The Morgan fingerprint density at radius 1 is 1.10 bits per heavy atom. The van der Waals surface area contributed by atoms with Crippen LogP contribution in [0.5, 0.6) is 5.75 Å². The van der Waals surface area contributed by atoms with Gasteiger partial charge in [0, 0.05) is 35.7 Å². The third-order valence-corrected chi connectivity index (χ3v) is 11.1. The van der Waals surface area contributed by atoms with Crippen molar-refractivity contribution < 1.29 is 53.8 Å². The molecule has 5 aromatic rings. The normalized spacial score (nSPS) is 17.6. The number of alkyl halides is 5. The fourth-order valence-electron chi connectivity index (χ4n) is 7.80. The van der Waals surface area contributed by atoms with E-state index >= 15 is 8.78 Å². The Bertz CT molecular complexity index is 2730. The van der Waals surface area contributed by atoms with E-state index in [0.29, 0.717) is 10.7 Å². The van der Waals surface area contributed by atoms with Gasteiger partial charge in [-0.05, 0) is 74.8 Å². The molecule has 3 heterocycles. The van der Waals surface area contributed by atoms with Crippen molar-refractivity contribution in [3.05, 3.63) is 87.0 Å². The van der Waals surface area contributed by atoms with E-state index in [2.05, 4.69) is 32.1 Å². The molecule has 60 heavy (non-hydrogen) atoms. The van der Waals surface area contributed by atoms with Crippen molar-refractivity contribution in [3.8, 4) is 28.7 Å². The van der Waals surface area contributed by atoms with E-state index in [1.807, 2.05) is 0 Å². The molecule has 12 nitrogen and oxygen atoms in total. The molecule has 318 valence electrons. The average Bonchev–Trinajstić information content (AvgIpc) is 3.67. The number of aromatic nitrogens is 5. The molecule has 1 saturated carbocycles. The first-order chi connectivity index (χ1) is 27.9. The van der Waals surface area contributed by atoms with Crippen molar-refractivity contribution in [2.45, 2.75) is 69.3 Å². The van der Waals surface area contributed by atoms with Gasteiger partial charge in [-0.2, -0.15) is 32.1 Å². The standard InChI is InChI=1S/C39H35ClF7N7O5S/c1-37(2,56)11-10-26-28(59-4)16-23(21-7-9-25(40)31-33(21)53(3)51-36(31)52-60(5,57)58)32(49-26)27(14-18-12-19(41)15-20(42)13-18)48-29(55)17-54-35-30(34(50-54)39(45,46)47)22-6-8-24(22)38(35,43)44/h7,9,12-13,15-16,22,24,27,56H,6,8,14,17H2,1-5H3,(H,48,55)(H,51,52)/t22-,24+,27-/m0/s1. The van der Waals surface area contributed by atoms with Crippen LogP contribution in [0.2, 0.25) is 5.02 Å². The van der Waals surface area contributed by atoms with Crippen LogP contribution in [0, 0.1) is 29.4 Å². The molecular weight excluding hydrogens is 847 g/mol. The fraction of sp³-hybridized carbons (Fsp3) is 0.385. The van der Waals surface area contributed by atoms with Gasteiger partial charge in [0.15, 0.2) is 23.0 Å². The van der Waals surface area contributed by atoms with Gasteiger partial charge in [0.2, 0.25) is 15.9 Å². The first-order valence-electron chi connectivity index (χ1n) is 18.1. The molecule has 3 N–H and O–H groups in total. The molecule has 0 bridgehead atoms. The molecule has 2 aromatic carbocycles. The summed E-state index contributed by atoms with van der Waals surface area (Å²) < 4.78 is 138. The van der Waals surface area contributed by atoms with Gasteiger partial charge in [0.05, 0.1) is 41.0 Å². The van der Waals surface area contributed by atoms with E-state index in [0.717, 1.165) is 18.4 Å². The Morgan fingerprint density at radius 2 is 1.78 bits per heavy atom. The molecule has 1 fully saturated rings. The van der Waals surface area contributed by atoms with Crippen LogP contribution in [-0.2, 0) is 46.9 Å². The van der Waals surface area contributed by atoms with Gasteiger partial charge >= 0.3 is 6.18 Å². The number of benzene rings is 2. The maximum atomic E-state index is 15.7. The quantitative estimate of drug-likeness (QED) is 0.100. The second-order valence-electron chi connectivity index (χ2n) is 15.2. The predicted octanol–water partition coefficient (Wildman–Crippen LogP) is 6.98. The number of rotatable bonds is 10. The zero-order chi connectivity index (χ0) is 43.9. The van der Waals surface area contributed by atoms with Crippen molar-refractivity contribution in [2.75, 3.05) is 18.1 Å². The van der Waals surface area contributed by atoms with E-state index in [1.54, 1.807) is 0 Å². The highest BCUT2D eigenvalue weighted by Crippen LogP contribution is 2.64. The lowest BCUT2D eigenvalue weighted by Crippen LogP contribution is -2.36. The molecular formula is C39H35ClF7N7O5S. The minimum absolute atomic E-state index is 0.0207. The van der Waals surface area contributed by atoms with Gasteiger partial charge in [0.25, 0.3) is 5.92 Å². The van der Waals surface area contributed by atoms with Gasteiger partial charge in [-0.25, -0.2) is 22.2 Å². The van der Waals surface area contributed by atoms with Crippen molar-refractivity contribution >= 4 is 44.3 Å². The van der Waals surface area contributed by atoms with Crippen LogP contribution in [-0.4, -0.2) is 62.9 Å². The van der Waals surface area contributed by atoms with Crippen LogP contribution in [0.3, 0.4) is 0 Å². The van der Waals surface area contributed by atoms with Crippen molar-refractivity contribution in [1.82, 2.24) is 29.9 Å². The van der Waals surface area contributed by atoms with Gasteiger partial charge < -0.3 is 15.2 Å². The number of hydrogen-bond donors (Lipinski definition) is 3. The number of sulfonamides is 1. The number of carbonyl (C=O) groups is 1. The van der Waals surface area contributed by atoms with Gasteiger partial charge in [-0.1, -0.05) is 23.6 Å². The number of pyridine rings is 1. The Morgan fingerprint density at radius 3 is 2.37 bits per heavy atom. The zero-order valence-electron chi connectivity index (χ0n) is 32.3. The number of halogens is 8. The number of ether oxygens (including phenoxy) is 1. The number of amides is 1. The minimum Gasteiger partial charge on any atom is -0.494 e. The summed E-state index contributed by atoms with van der Waals surface area (Å²) in [5.41, 5.74) is -4.36. The largest absolute Gasteiger partial charge is 0.494 e. The topological polar surface area (TPSA) is 153 Å². The third-order valence-electron chi connectivity index (χ3n) is 10.2. The molecule has 1 amide bonds. The first kappa shape index (κ1) is 42.7. The molecule has 3 aromatic heterocycles. The number of carbonyl (C=O) groups excluding carboxylic acids is 1. The summed E-state index contributed by atoms with van der Waals surface area (Å²) in [5.74, 6) is -4.09. The summed E-state index contributed by atoms with van der Waals surface area (Å²) in [6, 6.07) is 5.46. The Labute approximate surface area is 343 Å². The number of aliphatic hydroxyl groups is 1. The van der Waals surface area contributed by atoms with Crippen LogP contribution >= 0.6 is 11.6 Å². The minimum atomic E-state index is -5.11. The maximum absolute atomic E-state index is 15.7. The number of aryl methyl sites for hydroxylation is 1. The van der Waals surface area contributed by atoms with Crippen LogP contribution in [0.25, 0.3) is 22.0 Å². The fourth-order valence-corrected chi connectivity index (χ4v) is 8.54. The molecule has 7 rings (SSSR count). The monoisotopic (exact) mass is 881 g/mol. The smallest absolute Gasteiger partial charge is 0.435 e. The predicted molar refractivity (Wildman–Crippen MR) is 205 cm³/mol. The van der Waals surface area contributed by atoms with Gasteiger partial charge in [-0.15, -0.1) is 0 Å². The summed E-state index contributed by atoms with van der Waals surface area (Å²) >= 11 is 6.60. The van der Waals surface area contributed by atoms with Crippen LogP contribution in [0.1, 0.15) is 72.6 Å². The van der Waals surface area contributed by atoms with Gasteiger partial charge in [0.1, 0.15) is 29.5 Å². The Kier molecular flexibility index (Phi) is 10.6. The summed E-state index contributed by atoms with van der Waals surface area (Å²) in [6.07, 6.45) is -4.58. The maximum Gasteiger partial charge on any atom is 0.435 e. The van der Waals surface area contributed by atoms with Crippen molar-refractivity contribution in [3.63, 3.8) is 0 Å². The molecule has 2 aliphatic carbocycles. The number of fused-ring (bicyclic) bond motifs is 4. The third kappa shape index (κ3) is 8.09. The van der Waals surface area contributed by atoms with E-state index in [4.69, 9.17) is 21.3 Å². The van der Waals surface area contributed by atoms with Crippen LogP contribution in [0.15, 0.2) is 36.4 Å². The molecule has 0 radical (unpaired) electrons. The molecule has 21 heteroatoms. The highest BCUT2D eigenvalue weighted by molar-refractivity contribution is 7.92. The average molecular weight is 882 g/mol. The molecule has 0 spiro atoms. The molecule has 0 saturated heterocycles. The SMILES string of the molecule is COc1cc(-c2ccc(Cl)c3c(NS(C)(=O)=O)nn(C)c23)c([C@H](Cc2cc(F)cc(F)c2)NC(=O)Cn2nc(C(F)(F)F)c3c2C(F)(F)[C@@H]2CC[C@H]32)nc1C#CC(C)(C)O.